The molecule has 0 aromatic carbocycles. The summed E-state index contributed by atoms with van der Waals surface area (Å²) in [6.07, 6.45) is 1.48. The van der Waals surface area contributed by atoms with Crippen LogP contribution >= 0.6 is 11.8 Å². The molecule has 2 amide bonds. The Kier molecular flexibility index (Phi) is 11.1. The van der Waals surface area contributed by atoms with Crippen LogP contribution in [0, 0.1) is 0 Å². The van der Waals surface area contributed by atoms with E-state index in [1.165, 1.54) is 17.2 Å². The molecule has 2 aromatic rings. The van der Waals surface area contributed by atoms with E-state index in [0.717, 1.165) is 11.8 Å². The van der Waals surface area contributed by atoms with Crippen molar-refractivity contribution < 1.29 is 38.1 Å². The number of ether oxygens (including phenoxy) is 4. The van der Waals surface area contributed by atoms with E-state index in [4.69, 9.17) is 18.9 Å². The summed E-state index contributed by atoms with van der Waals surface area (Å²) in [4.78, 5) is 59.8. The van der Waals surface area contributed by atoms with Crippen LogP contribution in [0.25, 0.3) is 11.2 Å². The van der Waals surface area contributed by atoms with E-state index in [0.29, 0.717) is 16.2 Å². The number of imidazole rings is 1. The highest BCUT2D eigenvalue weighted by Crippen LogP contribution is 2.23. The van der Waals surface area contributed by atoms with Crippen LogP contribution in [0.4, 0.5) is 9.59 Å². The molecule has 14 nitrogen and oxygen atoms in total. The Balaban J connectivity index is 1.75. The largest absolute Gasteiger partial charge is 0.454 e. The zero-order valence-corrected chi connectivity index (χ0v) is 23.2. The van der Waals surface area contributed by atoms with Crippen molar-refractivity contribution in [1.29, 1.82) is 0 Å². The number of nitrogens with zero attached hydrogens (tertiary/aromatic N) is 4. The lowest BCUT2D eigenvalue weighted by Gasteiger charge is -2.19. The number of hydrogen-bond donors (Lipinski definition) is 2. The second-order valence-corrected chi connectivity index (χ2v) is 10.8. The summed E-state index contributed by atoms with van der Waals surface area (Å²) < 4.78 is 22.1. The van der Waals surface area contributed by atoms with Gasteiger partial charge in [-0.1, -0.05) is 11.8 Å². The SMILES string of the molecule is CC(C)(C)OC(=O)NCCC(=O)OCSc1ncnc2c1ncn2COC(=O)CCNC(=O)OC(C)(C)C. The van der Waals surface area contributed by atoms with Gasteiger partial charge in [0, 0.05) is 13.1 Å². The minimum absolute atomic E-state index is 0.0216. The fourth-order valence-electron chi connectivity index (χ4n) is 2.66. The summed E-state index contributed by atoms with van der Waals surface area (Å²) in [5, 5.41) is 5.45. The van der Waals surface area contributed by atoms with Gasteiger partial charge in [0.25, 0.3) is 0 Å². The van der Waals surface area contributed by atoms with Crippen molar-refractivity contribution in [3.05, 3.63) is 12.7 Å². The molecule has 0 unspecified atom stereocenters. The summed E-state index contributed by atoms with van der Waals surface area (Å²) in [5.41, 5.74) is -0.383. The molecule has 2 N–H and O–H groups in total. The van der Waals surface area contributed by atoms with Crippen molar-refractivity contribution in [2.75, 3.05) is 19.0 Å². The lowest BCUT2D eigenvalue weighted by molar-refractivity contribution is -0.147. The summed E-state index contributed by atoms with van der Waals surface area (Å²) in [6.45, 7) is 10.5. The molecule has 0 fully saturated rings. The molecular weight excluding hydrogens is 520 g/mol. The average Bonchev–Trinajstić information content (AvgIpc) is 3.19. The number of carbonyl (C=O) groups excluding carboxylic acids is 4. The molecule has 210 valence electrons. The third-order valence-electron chi connectivity index (χ3n) is 4.14. The summed E-state index contributed by atoms with van der Waals surface area (Å²) >= 11 is 1.14. The normalized spacial score (nSPS) is 11.5. The number of amides is 2. The average molecular weight is 555 g/mol. The Morgan fingerprint density at radius 3 is 1.95 bits per heavy atom. The fraction of sp³-hybridized carbons (Fsp3) is 0.609. The van der Waals surface area contributed by atoms with Crippen LogP contribution in [0.5, 0.6) is 0 Å². The van der Waals surface area contributed by atoms with Crippen LogP contribution in [-0.2, 0) is 35.3 Å². The smallest absolute Gasteiger partial charge is 0.407 e. The standard InChI is InChI=1S/C23H34N6O8S/c1-22(2,3)36-20(32)24-9-7-15(30)34-13-29-12-28-17-18(29)26-11-27-19(17)38-14-35-16(31)8-10-25-21(33)37-23(4,5)6/h11-12H,7-10,13-14H2,1-6H3,(H,24,32)(H,25,33). The zero-order chi connectivity index (χ0) is 28.3. The predicted molar refractivity (Wildman–Crippen MR) is 136 cm³/mol. The van der Waals surface area contributed by atoms with E-state index in [1.54, 1.807) is 41.5 Å². The van der Waals surface area contributed by atoms with Crippen molar-refractivity contribution in [3.63, 3.8) is 0 Å². The summed E-state index contributed by atoms with van der Waals surface area (Å²) in [5.74, 6) is -1.05. The first kappa shape index (κ1) is 30.6. The van der Waals surface area contributed by atoms with Gasteiger partial charge in [0.1, 0.15) is 34.0 Å². The van der Waals surface area contributed by atoms with E-state index >= 15 is 0 Å². The first-order valence-electron chi connectivity index (χ1n) is 11.8. The molecule has 0 saturated carbocycles. The summed E-state index contributed by atoms with van der Waals surface area (Å²) in [7, 11) is 0. The number of esters is 2. The Bertz CT molecular complexity index is 1130. The molecule has 2 heterocycles. The first-order chi connectivity index (χ1) is 17.7. The van der Waals surface area contributed by atoms with Crippen molar-refractivity contribution in [2.24, 2.45) is 0 Å². The van der Waals surface area contributed by atoms with Crippen molar-refractivity contribution >= 4 is 47.1 Å². The van der Waals surface area contributed by atoms with E-state index in [1.807, 2.05) is 0 Å². The zero-order valence-electron chi connectivity index (χ0n) is 22.4. The van der Waals surface area contributed by atoms with Gasteiger partial charge in [0.2, 0.25) is 0 Å². The molecule has 2 rings (SSSR count). The molecule has 2 aromatic heterocycles. The molecule has 0 saturated heterocycles. The number of hydrogen-bond acceptors (Lipinski definition) is 12. The lowest BCUT2D eigenvalue weighted by atomic mass is 10.2. The summed E-state index contributed by atoms with van der Waals surface area (Å²) in [6, 6.07) is 0. The van der Waals surface area contributed by atoms with Crippen LogP contribution in [0.3, 0.4) is 0 Å². The van der Waals surface area contributed by atoms with Crippen molar-refractivity contribution in [2.45, 2.75) is 77.3 Å². The van der Waals surface area contributed by atoms with Gasteiger partial charge in [-0.25, -0.2) is 24.5 Å². The lowest BCUT2D eigenvalue weighted by Crippen LogP contribution is -2.33. The van der Waals surface area contributed by atoms with Gasteiger partial charge in [-0.05, 0) is 41.5 Å². The molecule has 0 bridgehead atoms. The number of alkyl carbamates (subject to hydrolysis) is 2. The maximum atomic E-state index is 12.0. The molecule has 0 aliphatic rings. The number of fused-ring (bicyclic) bond motifs is 1. The number of nitrogens with one attached hydrogen (secondary N) is 2. The monoisotopic (exact) mass is 554 g/mol. The van der Waals surface area contributed by atoms with Crippen molar-refractivity contribution in [3.8, 4) is 0 Å². The van der Waals surface area contributed by atoms with E-state index in [9.17, 15) is 19.2 Å². The van der Waals surface area contributed by atoms with E-state index in [2.05, 4.69) is 25.6 Å². The number of carbonyl (C=O) groups is 4. The van der Waals surface area contributed by atoms with Gasteiger partial charge in [-0.15, -0.1) is 0 Å². The Hall–Kier alpha value is -3.62. The Labute approximate surface area is 224 Å². The Morgan fingerprint density at radius 2 is 1.39 bits per heavy atom. The maximum absolute atomic E-state index is 12.0. The van der Waals surface area contributed by atoms with Gasteiger partial charge in [-0.2, -0.15) is 0 Å². The predicted octanol–water partition coefficient (Wildman–Crippen LogP) is 2.75. The molecule has 0 radical (unpaired) electrons. The highest BCUT2D eigenvalue weighted by molar-refractivity contribution is 7.99. The number of aromatic nitrogens is 4. The van der Waals surface area contributed by atoms with Gasteiger partial charge >= 0.3 is 24.1 Å². The Morgan fingerprint density at radius 1 is 0.842 bits per heavy atom. The van der Waals surface area contributed by atoms with Gasteiger partial charge in [0.15, 0.2) is 12.4 Å². The van der Waals surface area contributed by atoms with Crippen LogP contribution in [0.2, 0.25) is 0 Å². The molecule has 0 atom stereocenters. The molecule has 15 heteroatoms. The number of thioether (sulfide) groups is 1. The van der Waals surface area contributed by atoms with E-state index in [-0.39, 0.29) is 38.6 Å². The minimum Gasteiger partial charge on any atom is -0.454 e. The van der Waals surface area contributed by atoms with Gasteiger partial charge in [0.05, 0.1) is 19.2 Å². The van der Waals surface area contributed by atoms with Gasteiger partial charge in [-0.3, -0.25) is 14.2 Å². The number of rotatable bonds is 11. The third-order valence-corrected chi connectivity index (χ3v) is 4.95. The van der Waals surface area contributed by atoms with Gasteiger partial charge < -0.3 is 29.6 Å². The van der Waals surface area contributed by atoms with Crippen LogP contribution < -0.4 is 10.6 Å². The fourth-order valence-corrected chi connectivity index (χ4v) is 3.36. The quantitative estimate of drug-likeness (QED) is 0.137. The van der Waals surface area contributed by atoms with E-state index < -0.39 is 35.3 Å². The van der Waals surface area contributed by atoms with Crippen LogP contribution in [0.1, 0.15) is 54.4 Å². The highest BCUT2D eigenvalue weighted by Gasteiger charge is 2.18. The van der Waals surface area contributed by atoms with Crippen LogP contribution in [0.15, 0.2) is 17.7 Å². The molecule has 0 aliphatic carbocycles. The highest BCUT2D eigenvalue weighted by atomic mass is 32.2. The molecule has 0 spiro atoms. The third kappa shape index (κ3) is 11.6. The minimum atomic E-state index is -0.631. The maximum Gasteiger partial charge on any atom is 0.407 e. The topological polar surface area (TPSA) is 173 Å². The van der Waals surface area contributed by atoms with Crippen LogP contribution in [-0.4, -0.2) is 73.9 Å². The second-order valence-electron chi connectivity index (χ2n) is 9.85. The molecule has 38 heavy (non-hydrogen) atoms. The molecule has 0 aliphatic heterocycles. The van der Waals surface area contributed by atoms with Crippen molar-refractivity contribution in [1.82, 2.24) is 30.2 Å². The second kappa shape index (κ2) is 13.8. The molecular formula is C23H34N6O8S. The first-order valence-corrected chi connectivity index (χ1v) is 12.8.